The number of nitrogens with zero attached hydrogens (tertiary/aromatic N) is 1. The smallest absolute Gasteiger partial charge is 0.331 e. The van der Waals surface area contributed by atoms with Gasteiger partial charge in [0.2, 0.25) is 0 Å². The van der Waals surface area contributed by atoms with Crippen molar-refractivity contribution in [1.82, 2.24) is 9.55 Å². The summed E-state index contributed by atoms with van der Waals surface area (Å²) in [6.07, 6.45) is -4.32. The number of aliphatic hydroxyl groups excluding tert-OH is 2. The van der Waals surface area contributed by atoms with E-state index < -0.39 is 47.8 Å². The maximum atomic E-state index is 12.4. The van der Waals surface area contributed by atoms with Crippen molar-refractivity contribution in [1.29, 1.82) is 0 Å². The molecule has 6 N–H and O–H groups in total. The molecule has 0 radical (unpaired) electrons. The number of H-pyrrole nitrogens is 1. The van der Waals surface area contributed by atoms with E-state index in [1.54, 1.807) is 24.3 Å². The molecule has 0 aliphatic carbocycles. The molecule has 0 unspecified atom stereocenters. The molecule has 10 nitrogen and oxygen atoms in total. The fourth-order valence-electron chi connectivity index (χ4n) is 3.08. The van der Waals surface area contributed by atoms with Gasteiger partial charge in [0.15, 0.2) is 6.23 Å². The van der Waals surface area contributed by atoms with Crippen molar-refractivity contribution >= 4 is 28.6 Å². The Labute approximate surface area is 162 Å². The van der Waals surface area contributed by atoms with Crippen LogP contribution >= 0.6 is 11.8 Å². The lowest BCUT2D eigenvalue weighted by molar-refractivity contribution is -0.138. The summed E-state index contributed by atoms with van der Waals surface area (Å²) in [6.45, 7) is 0. The van der Waals surface area contributed by atoms with Crippen LogP contribution in [0.25, 0.3) is 10.9 Å². The number of carbonyl (C=O) groups is 1. The van der Waals surface area contributed by atoms with Gasteiger partial charge in [-0.05, 0) is 24.3 Å². The van der Waals surface area contributed by atoms with E-state index in [2.05, 4.69) is 4.98 Å². The first kappa shape index (κ1) is 20.6. The number of rotatable bonds is 7. The molecule has 0 saturated carbocycles. The zero-order chi connectivity index (χ0) is 20.4. The Kier molecular flexibility index (Phi) is 6.20. The number of aromatic nitrogens is 2. The molecule has 152 valence electrons. The maximum Gasteiger partial charge on any atom is 0.331 e. The molecule has 1 aliphatic heterocycles. The molecule has 1 fully saturated rings. The van der Waals surface area contributed by atoms with Gasteiger partial charge in [0.05, 0.1) is 17.0 Å². The van der Waals surface area contributed by atoms with E-state index in [1.165, 1.54) is 11.8 Å². The van der Waals surface area contributed by atoms with Crippen LogP contribution in [0.1, 0.15) is 12.6 Å². The molecular weight excluding hydrogens is 390 g/mol. The molecule has 1 aromatic heterocycles. The quantitative estimate of drug-likeness (QED) is 0.353. The summed E-state index contributed by atoms with van der Waals surface area (Å²) in [5.41, 5.74) is 4.43. The van der Waals surface area contributed by atoms with Crippen molar-refractivity contribution in [3.8, 4) is 0 Å². The van der Waals surface area contributed by atoms with Gasteiger partial charge in [-0.1, -0.05) is 12.1 Å². The van der Waals surface area contributed by atoms with Crippen LogP contribution in [0.3, 0.4) is 0 Å². The molecule has 1 aromatic carbocycles. The van der Waals surface area contributed by atoms with Gasteiger partial charge in [0.25, 0.3) is 5.56 Å². The number of carboxylic acids is 1. The normalized spacial score (nSPS) is 25.8. The second-order valence-corrected chi connectivity index (χ2v) is 7.65. The standard InChI is InChI=1S/C17H21N3O7S/c18-9(16(24)25)5-6-28-7-11-12(21)13(22)15(27-11)20-10-4-2-1-3-8(10)14(23)19-17(20)26/h1-4,9,11-13,15,21-22H,5-7,18H2,(H,24,25)(H,19,23,26)/t9-,11+,12+,13+,15+/m0/s1. The lowest BCUT2D eigenvalue weighted by Gasteiger charge is -2.19. The van der Waals surface area contributed by atoms with E-state index in [0.717, 1.165) is 4.57 Å². The van der Waals surface area contributed by atoms with Gasteiger partial charge in [0.1, 0.15) is 18.2 Å². The van der Waals surface area contributed by atoms with Crippen molar-refractivity contribution in [3.63, 3.8) is 0 Å². The molecule has 1 saturated heterocycles. The van der Waals surface area contributed by atoms with Gasteiger partial charge in [-0.25, -0.2) is 4.79 Å². The van der Waals surface area contributed by atoms with Gasteiger partial charge in [-0.2, -0.15) is 11.8 Å². The number of thioether (sulfide) groups is 1. The fourth-order valence-corrected chi connectivity index (χ4v) is 4.17. The second-order valence-electron chi connectivity index (χ2n) is 6.50. The van der Waals surface area contributed by atoms with E-state index in [9.17, 15) is 24.6 Å². The Morgan fingerprint density at radius 2 is 2.00 bits per heavy atom. The predicted molar refractivity (Wildman–Crippen MR) is 102 cm³/mol. The maximum absolute atomic E-state index is 12.4. The monoisotopic (exact) mass is 411 g/mol. The van der Waals surface area contributed by atoms with E-state index in [4.69, 9.17) is 15.6 Å². The van der Waals surface area contributed by atoms with Crippen LogP contribution in [0.15, 0.2) is 33.9 Å². The Morgan fingerprint density at radius 1 is 1.29 bits per heavy atom. The SMILES string of the molecule is N[C@@H](CCSC[C@H]1O[C@@H](n2c(=O)[nH]c(=O)c3ccccc32)[C@H](O)[C@@H]1O)C(=O)O. The summed E-state index contributed by atoms with van der Waals surface area (Å²) in [4.78, 5) is 37.2. The second kappa shape index (κ2) is 8.45. The van der Waals surface area contributed by atoms with Gasteiger partial charge in [0, 0.05) is 5.75 Å². The van der Waals surface area contributed by atoms with Crippen LogP contribution < -0.4 is 17.0 Å². The number of hydrogen-bond donors (Lipinski definition) is 5. The highest BCUT2D eigenvalue weighted by Crippen LogP contribution is 2.31. The molecule has 0 spiro atoms. The molecular formula is C17H21N3O7S. The summed E-state index contributed by atoms with van der Waals surface area (Å²) in [5, 5.41) is 29.8. The third kappa shape index (κ3) is 3.98. The molecule has 5 atom stereocenters. The van der Waals surface area contributed by atoms with E-state index in [0.29, 0.717) is 5.75 Å². The Balaban J connectivity index is 1.76. The predicted octanol–water partition coefficient (Wildman–Crippen LogP) is -1.16. The lowest BCUT2D eigenvalue weighted by Crippen LogP contribution is -2.38. The number of hydrogen-bond acceptors (Lipinski definition) is 8. The first-order chi connectivity index (χ1) is 13.3. The van der Waals surface area contributed by atoms with Gasteiger partial charge in [-0.15, -0.1) is 0 Å². The van der Waals surface area contributed by atoms with Crippen molar-refractivity contribution in [2.45, 2.75) is 37.0 Å². The number of aliphatic hydroxyl groups is 2. The highest BCUT2D eigenvalue weighted by molar-refractivity contribution is 7.99. The van der Waals surface area contributed by atoms with Crippen LogP contribution in [0.2, 0.25) is 0 Å². The first-order valence-corrected chi connectivity index (χ1v) is 9.78. The Hall–Kier alpha value is -2.18. The molecule has 2 heterocycles. The van der Waals surface area contributed by atoms with Crippen LogP contribution in [0.4, 0.5) is 0 Å². The first-order valence-electron chi connectivity index (χ1n) is 8.62. The number of carboxylic acid groups (broad SMARTS) is 1. The highest BCUT2D eigenvalue weighted by atomic mass is 32.2. The van der Waals surface area contributed by atoms with Gasteiger partial charge < -0.3 is 25.8 Å². The van der Waals surface area contributed by atoms with Crippen LogP contribution in [0, 0.1) is 0 Å². The van der Waals surface area contributed by atoms with Crippen LogP contribution in [-0.2, 0) is 9.53 Å². The number of benzene rings is 1. The zero-order valence-electron chi connectivity index (χ0n) is 14.7. The summed E-state index contributed by atoms with van der Waals surface area (Å²) in [7, 11) is 0. The highest BCUT2D eigenvalue weighted by Gasteiger charge is 2.44. The number of nitrogens with two attached hydrogens (primary N) is 1. The molecule has 28 heavy (non-hydrogen) atoms. The third-order valence-electron chi connectivity index (χ3n) is 4.61. The molecule has 3 rings (SSSR count). The fraction of sp³-hybridized carbons (Fsp3) is 0.471. The summed E-state index contributed by atoms with van der Waals surface area (Å²) >= 11 is 1.32. The van der Waals surface area contributed by atoms with Crippen molar-refractivity contribution in [3.05, 3.63) is 45.1 Å². The summed E-state index contributed by atoms with van der Waals surface area (Å²) in [6, 6.07) is 5.43. The van der Waals surface area contributed by atoms with Crippen LogP contribution in [-0.4, -0.2) is 66.7 Å². The molecule has 0 amide bonds. The Morgan fingerprint density at radius 3 is 2.71 bits per heavy atom. The number of para-hydroxylation sites is 1. The number of aromatic amines is 1. The van der Waals surface area contributed by atoms with E-state index >= 15 is 0 Å². The van der Waals surface area contributed by atoms with Crippen molar-refractivity contribution < 1.29 is 24.9 Å². The molecule has 1 aliphatic rings. The van der Waals surface area contributed by atoms with Gasteiger partial charge in [-0.3, -0.25) is 19.1 Å². The average Bonchev–Trinajstić information content (AvgIpc) is 2.93. The van der Waals surface area contributed by atoms with Crippen molar-refractivity contribution in [2.24, 2.45) is 5.73 Å². The zero-order valence-corrected chi connectivity index (χ0v) is 15.5. The van der Waals surface area contributed by atoms with Crippen LogP contribution in [0.5, 0.6) is 0 Å². The minimum Gasteiger partial charge on any atom is -0.480 e. The minimum absolute atomic E-state index is 0.249. The molecule has 2 aromatic rings. The number of fused-ring (bicyclic) bond motifs is 1. The van der Waals surface area contributed by atoms with E-state index in [-0.39, 0.29) is 23.1 Å². The minimum atomic E-state index is -1.38. The summed E-state index contributed by atoms with van der Waals surface area (Å²) in [5.74, 6) is -0.378. The van der Waals surface area contributed by atoms with E-state index in [1.807, 2.05) is 0 Å². The topological polar surface area (TPSA) is 168 Å². The number of ether oxygens (including phenoxy) is 1. The van der Waals surface area contributed by atoms with Gasteiger partial charge >= 0.3 is 11.7 Å². The molecule has 0 bridgehead atoms. The number of nitrogens with one attached hydrogen (secondary N) is 1. The average molecular weight is 411 g/mol. The van der Waals surface area contributed by atoms with Crippen molar-refractivity contribution in [2.75, 3.05) is 11.5 Å². The lowest BCUT2D eigenvalue weighted by atomic mass is 10.1. The molecule has 11 heteroatoms. The Bertz CT molecular complexity index is 975. The summed E-state index contributed by atoms with van der Waals surface area (Å²) < 4.78 is 6.85. The number of aliphatic carboxylic acids is 1. The largest absolute Gasteiger partial charge is 0.480 e. The third-order valence-corrected chi connectivity index (χ3v) is 5.70.